The Hall–Kier alpha value is -1.59. The summed E-state index contributed by atoms with van der Waals surface area (Å²) in [7, 11) is 0. The second-order valence-corrected chi connectivity index (χ2v) is 7.85. The highest BCUT2D eigenvalue weighted by Gasteiger charge is 2.43. The van der Waals surface area contributed by atoms with Gasteiger partial charge in [-0.3, -0.25) is 0 Å². The van der Waals surface area contributed by atoms with E-state index in [1.807, 2.05) is 36.4 Å². The van der Waals surface area contributed by atoms with Crippen LogP contribution in [0.1, 0.15) is 42.6 Å². The Morgan fingerprint density at radius 3 is 2.62 bits per heavy atom. The van der Waals surface area contributed by atoms with Crippen LogP contribution in [0.25, 0.3) is 0 Å². The maximum atomic E-state index is 10.6. The van der Waals surface area contributed by atoms with E-state index in [1.165, 1.54) is 0 Å². The van der Waals surface area contributed by atoms with Gasteiger partial charge in [0, 0.05) is 36.6 Å². The van der Waals surface area contributed by atoms with Crippen LogP contribution in [0.2, 0.25) is 5.02 Å². The van der Waals surface area contributed by atoms with Crippen molar-refractivity contribution in [2.45, 2.75) is 37.1 Å². The minimum atomic E-state index is -0.543. The number of piperidine rings is 1. The van der Waals surface area contributed by atoms with Gasteiger partial charge in [-0.15, -0.1) is 0 Å². The van der Waals surface area contributed by atoms with Crippen LogP contribution in [0.15, 0.2) is 48.5 Å². The highest BCUT2D eigenvalue weighted by Crippen LogP contribution is 2.45. The van der Waals surface area contributed by atoms with Gasteiger partial charge < -0.3 is 19.8 Å². The molecule has 2 N–H and O–H groups in total. The number of β-amino-alcohol motifs (C(OH)–C–C–N with tert-alkyl or cyclic N) is 1. The number of ether oxygens (including phenoxy) is 1. The van der Waals surface area contributed by atoms with Crippen molar-refractivity contribution in [3.63, 3.8) is 0 Å². The molecule has 1 spiro atoms. The SMILES string of the molecule is OC(CN1CCC2(CC1)CC(O)c1cc(Cl)ccc1O2)c1ccccc1. The number of aliphatic hydroxyl groups is 2. The van der Waals surface area contributed by atoms with E-state index in [2.05, 4.69) is 4.90 Å². The Kier molecular flexibility index (Phi) is 4.93. The molecule has 2 unspecified atom stereocenters. The minimum Gasteiger partial charge on any atom is -0.487 e. The smallest absolute Gasteiger partial charge is 0.126 e. The summed E-state index contributed by atoms with van der Waals surface area (Å²) in [6.45, 7) is 2.31. The van der Waals surface area contributed by atoms with Crippen LogP contribution in [0, 0.1) is 0 Å². The Bertz CT molecular complexity index is 759. The number of fused-ring (bicyclic) bond motifs is 1. The Balaban J connectivity index is 1.40. The first-order valence-corrected chi connectivity index (χ1v) is 9.54. The molecule has 26 heavy (non-hydrogen) atoms. The third-order valence-electron chi connectivity index (χ3n) is 5.61. The fraction of sp³-hybridized carbons (Fsp3) is 0.429. The molecule has 2 aromatic carbocycles. The van der Waals surface area contributed by atoms with Crippen molar-refractivity contribution >= 4 is 11.6 Å². The highest BCUT2D eigenvalue weighted by molar-refractivity contribution is 6.30. The standard InChI is InChI=1S/C21H24ClNO3/c22-16-6-7-20-17(12-16)18(24)13-21(26-20)8-10-23(11-9-21)14-19(25)15-4-2-1-3-5-15/h1-7,12,18-19,24-25H,8-11,13-14H2. The van der Waals surface area contributed by atoms with Crippen molar-refractivity contribution < 1.29 is 14.9 Å². The van der Waals surface area contributed by atoms with Crippen LogP contribution in [-0.4, -0.2) is 40.3 Å². The number of benzene rings is 2. The zero-order chi connectivity index (χ0) is 18.1. The van der Waals surface area contributed by atoms with Gasteiger partial charge in [0.15, 0.2) is 0 Å². The molecule has 5 heteroatoms. The lowest BCUT2D eigenvalue weighted by atomic mass is 9.81. The number of nitrogens with zero attached hydrogens (tertiary/aromatic N) is 1. The second-order valence-electron chi connectivity index (χ2n) is 7.41. The first-order chi connectivity index (χ1) is 12.5. The van der Waals surface area contributed by atoms with Gasteiger partial charge in [-0.2, -0.15) is 0 Å². The maximum absolute atomic E-state index is 10.6. The summed E-state index contributed by atoms with van der Waals surface area (Å²) >= 11 is 6.04. The quantitative estimate of drug-likeness (QED) is 0.860. The van der Waals surface area contributed by atoms with E-state index in [0.29, 0.717) is 18.0 Å². The van der Waals surface area contributed by atoms with Crippen molar-refractivity contribution in [1.29, 1.82) is 0 Å². The summed E-state index contributed by atoms with van der Waals surface area (Å²) in [5, 5.41) is 21.6. The summed E-state index contributed by atoms with van der Waals surface area (Å²) in [5.41, 5.74) is 1.40. The van der Waals surface area contributed by atoms with Crippen molar-refractivity contribution in [3.05, 3.63) is 64.7 Å². The van der Waals surface area contributed by atoms with Crippen molar-refractivity contribution in [3.8, 4) is 5.75 Å². The number of hydrogen-bond acceptors (Lipinski definition) is 4. The average molecular weight is 374 g/mol. The van der Waals surface area contributed by atoms with Gasteiger partial charge >= 0.3 is 0 Å². The normalized spacial score (nSPS) is 23.3. The molecule has 0 bridgehead atoms. The summed E-state index contributed by atoms with van der Waals surface area (Å²) < 4.78 is 6.32. The molecule has 4 rings (SSSR count). The van der Waals surface area contributed by atoms with Crippen LogP contribution >= 0.6 is 11.6 Å². The number of likely N-dealkylation sites (tertiary alicyclic amines) is 1. The summed E-state index contributed by atoms with van der Waals surface area (Å²) in [6, 6.07) is 15.2. The molecule has 0 aromatic heterocycles. The molecule has 2 aliphatic rings. The molecule has 138 valence electrons. The lowest BCUT2D eigenvalue weighted by Gasteiger charge is -2.46. The van der Waals surface area contributed by atoms with Crippen molar-refractivity contribution in [2.24, 2.45) is 0 Å². The molecule has 0 radical (unpaired) electrons. The van der Waals surface area contributed by atoms with Gasteiger partial charge in [-0.1, -0.05) is 41.9 Å². The topological polar surface area (TPSA) is 52.9 Å². The molecule has 0 aliphatic carbocycles. The zero-order valence-electron chi connectivity index (χ0n) is 14.6. The zero-order valence-corrected chi connectivity index (χ0v) is 15.4. The maximum Gasteiger partial charge on any atom is 0.126 e. The number of rotatable bonds is 3. The predicted molar refractivity (Wildman–Crippen MR) is 101 cm³/mol. The van der Waals surface area contributed by atoms with Gasteiger partial charge in [0.2, 0.25) is 0 Å². The predicted octanol–water partition coefficient (Wildman–Crippen LogP) is 3.72. The summed E-state index contributed by atoms with van der Waals surface area (Å²) in [5.74, 6) is 0.742. The molecule has 2 aliphatic heterocycles. The van der Waals surface area contributed by atoms with Gasteiger partial charge in [0.05, 0.1) is 12.2 Å². The summed E-state index contributed by atoms with van der Waals surface area (Å²) in [6.07, 6.45) is 1.25. The molecule has 1 fully saturated rings. The molecule has 2 aromatic rings. The van der Waals surface area contributed by atoms with E-state index in [0.717, 1.165) is 42.8 Å². The number of aliphatic hydroxyl groups excluding tert-OH is 2. The summed E-state index contributed by atoms with van der Waals surface area (Å²) in [4.78, 5) is 2.27. The molecule has 1 saturated heterocycles. The van der Waals surface area contributed by atoms with Crippen LogP contribution < -0.4 is 4.74 Å². The molecule has 0 saturated carbocycles. The first kappa shape index (κ1) is 17.8. The van der Waals surface area contributed by atoms with Crippen molar-refractivity contribution in [1.82, 2.24) is 4.90 Å². The molecular formula is C21H24ClNO3. The van der Waals surface area contributed by atoms with E-state index in [4.69, 9.17) is 16.3 Å². The van der Waals surface area contributed by atoms with Gasteiger partial charge in [0.25, 0.3) is 0 Å². The Labute approximate surface area is 159 Å². The number of hydrogen-bond donors (Lipinski definition) is 2. The van der Waals surface area contributed by atoms with Crippen LogP contribution in [0.4, 0.5) is 0 Å². The first-order valence-electron chi connectivity index (χ1n) is 9.17. The average Bonchev–Trinajstić information content (AvgIpc) is 2.65. The van der Waals surface area contributed by atoms with Gasteiger partial charge in [-0.05, 0) is 36.6 Å². The van der Waals surface area contributed by atoms with Crippen molar-refractivity contribution in [2.75, 3.05) is 19.6 Å². The van der Waals surface area contributed by atoms with E-state index in [9.17, 15) is 10.2 Å². The van der Waals surface area contributed by atoms with Crippen LogP contribution in [-0.2, 0) is 0 Å². The Morgan fingerprint density at radius 2 is 1.88 bits per heavy atom. The van der Waals surface area contributed by atoms with Gasteiger partial charge in [-0.25, -0.2) is 0 Å². The molecule has 4 nitrogen and oxygen atoms in total. The third-order valence-corrected chi connectivity index (χ3v) is 5.84. The lowest BCUT2D eigenvalue weighted by molar-refractivity contribution is -0.0587. The molecule has 2 atom stereocenters. The van der Waals surface area contributed by atoms with E-state index >= 15 is 0 Å². The highest BCUT2D eigenvalue weighted by atomic mass is 35.5. The molecular weight excluding hydrogens is 350 g/mol. The number of halogens is 1. The second kappa shape index (κ2) is 7.20. The third kappa shape index (κ3) is 3.60. The van der Waals surface area contributed by atoms with Crippen LogP contribution in [0.5, 0.6) is 5.75 Å². The fourth-order valence-electron chi connectivity index (χ4n) is 4.08. The monoisotopic (exact) mass is 373 g/mol. The van der Waals surface area contributed by atoms with E-state index in [1.54, 1.807) is 12.1 Å². The Morgan fingerprint density at radius 1 is 1.15 bits per heavy atom. The minimum absolute atomic E-state index is 0.325. The lowest BCUT2D eigenvalue weighted by Crippen LogP contribution is -2.51. The molecule has 2 heterocycles. The van der Waals surface area contributed by atoms with E-state index in [-0.39, 0.29) is 5.60 Å². The van der Waals surface area contributed by atoms with Crippen LogP contribution in [0.3, 0.4) is 0 Å². The van der Waals surface area contributed by atoms with Gasteiger partial charge in [0.1, 0.15) is 11.4 Å². The molecule has 0 amide bonds. The fourth-order valence-corrected chi connectivity index (χ4v) is 4.26. The largest absolute Gasteiger partial charge is 0.487 e. The van der Waals surface area contributed by atoms with E-state index < -0.39 is 12.2 Å².